The molecule has 0 saturated carbocycles. The number of nitrogens with one attached hydrogen (secondary N) is 2. The summed E-state index contributed by atoms with van der Waals surface area (Å²) in [6.07, 6.45) is 0.994. The first-order valence-electron chi connectivity index (χ1n) is 3.99. The molecular weight excluding hydrogens is 160 g/mol. The summed E-state index contributed by atoms with van der Waals surface area (Å²) in [5.74, 6) is -0.862. The van der Waals surface area contributed by atoms with Gasteiger partial charge in [0.05, 0.1) is 0 Å². The van der Waals surface area contributed by atoms with Crippen LogP contribution in [0.15, 0.2) is 0 Å². The molecule has 0 rings (SSSR count). The summed E-state index contributed by atoms with van der Waals surface area (Å²) in [5.41, 5.74) is 10.4. The summed E-state index contributed by atoms with van der Waals surface area (Å²) in [6.45, 7) is 0.480. The number of guanidine groups is 1. The number of carboxylic acids is 1. The van der Waals surface area contributed by atoms with Crippen molar-refractivity contribution in [2.75, 3.05) is 6.54 Å². The number of carbonyl (C=O) groups is 1. The van der Waals surface area contributed by atoms with Gasteiger partial charge in [0.1, 0.15) is 6.04 Å². The monoisotopic (exact) mass is 175 g/mol. The molecule has 0 unspecified atom stereocenters. The summed E-state index contributed by atoms with van der Waals surface area (Å²) in [5, 5.41) is 13.1. The lowest BCUT2D eigenvalue weighted by molar-refractivity contribution is -0.138. The van der Waals surface area contributed by atoms with E-state index >= 15 is 0 Å². The van der Waals surface area contributed by atoms with Gasteiger partial charge in [-0.1, -0.05) is 0 Å². The van der Waals surface area contributed by atoms with Gasteiger partial charge in [0.25, 0.3) is 1.43 Å². The third kappa shape index (κ3) is 5.48. The van der Waals surface area contributed by atoms with Crippen molar-refractivity contribution in [1.29, 1.82) is 6.84 Å². The van der Waals surface area contributed by atoms with Crippen LogP contribution in [0.4, 0.5) is 0 Å². The number of carboxylic acid groups (broad SMARTS) is 1. The Hall–Kier alpha value is -1.30. The Morgan fingerprint density at radius 3 is 3.00 bits per heavy atom. The molecule has 0 fully saturated rings. The highest BCUT2D eigenvalue weighted by atomic mass is 16.4. The molecule has 0 aliphatic rings. The molecule has 6 nitrogen and oxygen atoms in total. The summed E-state index contributed by atoms with van der Waals surface area (Å²) < 4.78 is 6.29. The minimum Gasteiger partial charge on any atom is -0.480 e. The van der Waals surface area contributed by atoms with E-state index in [1.807, 2.05) is 0 Å². The van der Waals surface area contributed by atoms with Crippen molar-refractivity contribution in [2.45, 2.75) is 18.9 Å². The van der Waals surface area contributed by atoms with Crippen LogP contribution in [0.5, 0.6) is 0 Å². The molecule has 0 heterocycles. The Labute approximate surface area is 71.9 Å². The predicted molar refractivity (Wildman–Crippen MR) is 44.8 cm³/mol. The van der Waals surface area contributed by atoms with Crippen molar-refractivity contribution in [3.8, 4) is 0 Å². The second-order valence-electron chi connectivity index (χ2n) is 2.41. The van der Waals surface area contributed by atoms with Crippen LogP contribution in [0, 0.1) is 5.41 Å². The van der Waals surface area contributed by atoms with Crippen molar-refractivity contribution in [1.82, 2.24) is 5.32 Å². The highest BCUT2D eigenvalue weighted by Crippen LogP contribution is 1.92. The minimum atomic E-state index is -0.772. The van der Waals surface area contributed by atoms with Gasteiger partial charge in [-0.2, -0.15) is 0 Å². The van der Waals surface area contributed by atoms with Crippen LogP contribution in [0.2, 0.25) is 0 Å². The number of rotatable bonds is 5. The third-order valence-electron chi connectivity index (χ3n) is 1.31. The van der Waals surface area contributed by atoms with Gasteiger partial charge >= 0.3 is 5.97 Å². The van der Waals surface area contributed by atoms with E-state index in [1.54, 1.807) is 0 Å². The quantitative estimate of drug-likeness (QED) is 0.201. The van der Waals surface area contributed by atoms with Gasteiger partial charge in [-0.25, -0.2) is 0 Å². The van der Waals surface area contributed by atoms with Crippen molar-refractivity contribution >= 4 is 11.9 Å². The highest BCUT2D eigenvalue weighted by molar-refractivity contribution is 5.74. The summed E-state index contributed by atoms with van der Waals surface area (Å²) in [7, 11) is 0. The molecular formula is C6H14N4O2. The lowest BCUT2D eigenvalue weighted by atomic mass is 10.2. The molecule has 0 radical (unpaired) electrons. The van der Waals surface area contributed by atoms with Crippen molar-refractivity contribution in [3.63, 3.8) is 0 Å². The van der Waals surface area contributed by atoms with Gasteiger partial charge < -0.3 is 21.9 Å². The zero-order valence-corrected chi connectivity index (χ0v) is 6.67. The largest absolute Gasteiger partial charge is 0.480 e. The van der Waals surface area contributed by atoms with Crippen LogP contribution >= 0.6 is 0 Å². The third-order valence-corrected chi connectivity index (χ3v) is 1.31. The van der Waals surface area contributed by atoms with E-state index in [0.717, 1.165) is 0 Å². The average Bonchev–Trinajstić information content (AvgIpc) is 2.10. The van der Waals surface area contributed by atoms with E-state index in [-0.39, 0.29) is 5.96 Å². The second-order valence-corrected chi connectivity index (χ2v) is 2.41. The molecule has 0 bridgehead atoms. The molecule has 1 atom stereocenters. The fourth-order valence-electron chi connectivity index (χ4n) is 0.663. The molecule has 0 aliphatic heterocycles. The van der Waals surface area contributed by atoms with Gasteiger partial charge in [0.2, 0.25) is 0 Å². The van der Waals surface area contributed by atoms with Gasteiger partial charge in [-0.15, -0.1) is 0 Å². The summed E-state index contributed by atoms with van der Waals surface area (Å²) in [4.78, 5) is 10.6. The normalized spacial score (nSPS) is 12.9. The van der Waals surface area contributed by atoms with E-state index in [2.05, 4.69) is 10.4 Å². The standard InChI is InChI=1S/C6H14N4O2/c7-4(5(11)12)2-1-3-10-6(8)9/h4H,1-3,7H2,(H,11,12)(H4,8,9,10)/t4-/m1/s1/i/hD. The predicted octanol–water partition coefficient (Wildman–Crippen LogP) is -1.34. The molecule has 0 aromatic heterocycles. The molecule has 7 N–H and O–H groups in total. The van der Waals surface area contributed by atoms with Crippen LogP contribution in [-0.4, -0.2) is 29.6 Å². The maximum atomic E-state index is 10.6. The Morgan fingerprint density at radius 2 is 2.50 bits per heavy atom. The SMILES string of the molecule is [2H]OC(=O)[C@H](N)CCCNC(=N)N. The van der Waals surface area contributed by atoms with Gasteiger partial charge in [-0.05, 0) is 12.8 Å². The maximum absolute atomic E-state index is 10.6. The van der Waals surface area contributed by atoms with Crippen LogP contribution in [0.3, 0.4) is 0 Å². The van der Waals surface area contributed by atoms with Crippen LogP contribution in [0.1, 0.15) is 12.8 Å². The van der Waals surface area contributed by atoms with E-state index in [9.17, 15) is 4.79 Å². The smallest absolute Gasteiger partial charge is 0.320 e. The minimum absolute atomic E-state index is 0.114. The first kappa shape index (κ1) is 8.79. The maximum Gasteiger partial charge on any atom is 0.320 e. The van der Waals surface area contributed by atoms with Crippen molar-refractivity contribution < 1.29 is 9.90 Å². The van der Waals surface area contributed by atoms with Gasteiger partial charge in [0.15, 0.2) is 5.96 Å². The zero-order chi connectivity index (χ0) is 10.3. The molecule has 12 heavy (non-hydrogen) atoms. The highest BCUT2D eigenvalue weighted by Gasteiger charge is 2.09. The van der Waals surface area contributed by atoms with Crippen LogP contribution in [-0.2, 0) is 4.79 Å². The molecule has 0 spiro atoms. The van der Waals surface area contributed by atoms with Crippen molar-refractivity contribution in [2.24, 2.45) is 11.5 Å². The lowest BCUT2D eigenvalue weighted by Crippen LogP contribution is -2.34. The molecule has 0 aromatic rings. The number of hydrogen-bond acceptors (Lipinski definition) is 4. The lowest BCUT2D eigenvalue weighted by Gasteiger charge is -2.06. The zero-order valence-electron chi connectivity index (χ0n) is 7.67. The van der Waals surface area contributed by atoms with Gasteiger partial charge in [-0.3, -0.25) is 10.2 Å². The second kappa shape index (κ2) is 5.36. The van der Waals surface area contributed by atoms with E-state index in [1.165, 1.54) is 0 Å². The van der Waals surface area contributed by atoms with E-state index < -0.39 is 12.0 Å². The molecule has 6 heteroatoms. The summed E-state index contributed by atoms with van der Waals surface area (Å²) in [6, 6.07) is -0.772. The first-order valence-corrected chi connectivity index (χ1v) is 3.58. The van der Waals surface area contributed by atoms with Crippen LogP contribution in [0.25, 0.3) is 1.43 Å². The molecule has 0 aromatic carbocycles. The van der Waals surface area contributed by atoms with Crippen molar-refractivity contribution in [3.05, 3.63) is 0 Å². The topological polar surface area (TPSA) is 125 Å². The number of nitrogens with two attached hydrogens (primary N) is 2. The Bertz CT molecular complexity index is 187. The van der Waals surface area contributed by atoms with E-state index in [4.69, 9.17) is 18.3 Å². The number of aliphatic carboxylic acids is 1. The van der Waals surface area contributed by atoms with Gasteiger partial charge in [0, 0.05) is 6.54 Å². The fraction of sp³-hybridized carbons (Fsp3) is 0.667. The Balaban J connectivity index is 3.42. The Kier molecular flexibility index (Phi) is 3.93. The first-order chi connectivity index (χ1) is 6.07. The summed E-state index contributed by atoms with van der Waals surface area (Å²) >= 11 is 0. The van der Waals surface area contributed by atoms with Crippen LogP contribution < -0.4 is 16.8 Å². The molecule has 0 aliphatic carbocycles. The molecule has 70 valence electrons. The number of hydrogen-bond donors (Lipinski definition) is 5. The fourth-order valence-corrected chi connectivity index (χ4v) is 0.663. The molecule has 0 amide bonds. The Morgan fingerprint density at radius 1 is 1.83 bits per heavy atom. The van der Waals surface area contributed by atoms with E-state index in [0.29, 0.717) is 19.4 Å². The average molecular weight is 175 g/mol. The molecule has 0 saturated heterocycles.